The van der Waals surface area contributed by atoms with E-state index in [0.29, 0.717) is 25.6 Å². The smallest absolute Gasteiger partial charge is 0.312 e. The van der Waals surface area contributed by atoms with Crippen molar-refractivity contribution in [2.45, 2.75) is 6.42 Å². The summed E-state index contributed by atoms with van der Waals surface area (Å²) in [4.78, 5) is 10.4. The molecule has 96 valence electrons. The number of urea groups is 1. The molecule has 16 heavy (non-hydrogen) atoms. The number of primary amides is 1. The molecule has 0 saturated carbocycles. The molecule has 0 aliphatic heterocycles. The zero-order chi connectivity index (χ0) is 12.4. The first kappa shape index (κ1) is 15.5. The van der Waals surface area contributed by atoms with E-state index in [1.54, 1.807) is 0 Å². The fraction of sp³-hybridized carbons (Fsp3) is 0.900. The van der Waals surface area contributed by atoms with Crippen molar-refractivity contribution < 1.29 is 14.0 Å². The first-order valence-corrected chi connectivity index (χ1v) is 6.00. The number of quaternary nitrogens is 1. The van der Waals surface area contributed by atoms with Gasteiger partial charge in [-0.3, -0.25) is 0 Å². The van der Waals surface area contributed by atoms with Crippen LogP contribution in [0.5, 0.6) is 0 Å². The van der Waals surface area contributed by atoms with E-state index in [4.69, 9.17) is 22.1 Å². The highest BCUT2D eigenvalue weighted by Crippen LogP contribution is 1.98. The molecule has 2 amide bonds. The Bertz CT molecular complexity index is 201. The van der Waals surface area contributed by atoms with E-state index < -0.39 is 6.03 Å². The predicted octanol–water partition coefficient (Wildman–Crippen LogP) is 0.377. The number of likely N-dealkylation sites (N-methyl/N-ethyl adjacent to an activating group) is 1. The van der Waals surface area contributed by atoms with Gasteiger partial charge in [0.15, 0.2) is 0 Å². The lowest BCUT2D eigenvalue weighted by Gasteiger charge is -2.29. The SMILES string of the molecule is C[N+](C)(CCCNC(N)=O)CCOCCCl. The Labute approximate surface area is 102 Å². The summed E-state index contributed by atoms with van der Waals surface area (Å²) < 4.78 is 6.19. The number of hydrogen-bond acceptors (Lipinski definition) is 2. The zero-order valence-corrected chi connectivity index (χ0v) is 10.9. The van der Waals surface area contributed by atoms with Gasteiger partial charge in [0, 0.05) is 18.8 Å². The van der Waals surface area contributed by atoms with Gasteiger partial charge in [0.2, 0.25) is 0 Å². The number of carbonyl (C=O) groups excluding carboxylic acids is 1. The first-order valence-electron chi connectivity index (χ1n) is 5.47. The zero-order valence-electron chi connectivity index (χ0n) is 10.2. The van der Waals surface area contributed by atoms with Crippen molar-refractivity contribution in [1.82, 2.24) is 5.32 Å². The predicted molar refractivity (Wildman–Crippen MR) is 65.6 cm³/mol. The molecular formula is C10H23ClN3O2+. The Balaban J connectivity index is 3.49. The Morgan fingerprint density at radius 1 is 1.38 bits per heavy atom. The number of carbonyl (C=O) groups is 1. The molecule has 0 heterocycles. The fourth-order valence-electron chi connectivity index (χ4n) is 1.30. The molecule has 0 radical (unpaired) electrons. The van der Waals surface area contributed by atoms with Gasteiger partial charge in [-0.25, -0.2) is 4.79 Å². The quantitative estimate of drug-likeness (QED) is 0.354. The largest absolute Gasteiger partial charge is 0.374 e. The highest BCUT2D eigenvalue weighted by Gasteiger charge is 2.13. The van der Waals surface area contributed by atoms with E-state index in [1.165, 1.54) is 0 Å². The van der Waals surface area contributed by atoms with Crippen LogP contribution in [0.4, 0.5) is 4.79 Å². The van der Waals surface area contributed by atoms with Gasteiger partial charge in [0.05, 0.1) is 33.9 Å². The minimum Gasteiger partial charge on any atom is -0.374 e. The maximum atomic E-state index is 10.4. The first-order chi connectivity index (χ1) is 7.48. The van der Waals surface area contributed by atoms with Gasteiger partial charge >= 0.3 is 6.03 Å². The Morgan fingerprint density at radius 3 is 2.62 bits per heavy atom. The average molecular weight is 253 g/mol. The highest BCUT2D eigenvalue weighted by atomic mass is 35.5. The van der Waals surface area contributed by atoms with E-state index in [1.807, 2.05) is 0 Å². The van der Waals surface area contributed by atoms with Crippen LogP contribution in [-0.4, -0.2) is 63.3 Å². The summed E-state index contributed by atoms with van der Waals surface area (Å²) >= 11 is 5.50. The van der Waals surface area contributed by atoms with Crippen molar-refractivity contribution in [2.24, 2.45) is 5.73 Å². The standard InChI is InChI=1S/C10H22ClN3O2/c1-14(2,7-9-16-8-4-11)6-3-5-13-10(12)15/h3-9H2,1-2H3,(H2-,12,13,15)/p+1. The van der Waals surface area contributed by atoms with Crippen LogP contribution < -0.4 is 11.1 Å². The summed E-state index contributed by atoms with van der Waals surface area (Å²) in [6.45, 7) is 3.85. The molecule has 0 aromatic heterocycles. The van der Waals surface area contributed by atoms with Gasteiger partial charge in [0.25, 0.3) is 0 Å². The molecule has 0 aliphatic carbocycles. The molecule has 0 aromatic rings. The summed E-state index contributed by atoms with van der Waals surface area (Å²) in [5.74, 6) is 0.538. The molecule has 0 spiro atoms. The highest BCUT2D eigenvalue weighted by molar-refractivity contribution is 6.17. The third-order valence-corrected chi connectivity index (χ3v) is 2.46. The molecule has 0 aliphatic rings. The third-order valence-electron chi connectivity index (χ3n) is 2.30. The molecule has 0 saturated heterocycles. The summed E-state index contributed by atoms with van der Waals surface area (Å²) in [7, 11) is 4.27. The van der Waals surface area contributed by atoms with Crippen LogP contribution in [0.25, 0.3) is 0 Å². The lowest BCUT2D eigenvalue weighted by molar-refractivity contribution is -0.890. The summed E-state index contributed by atoms with van der Waals surface area (Å²) in [5, 5.41) is 2.57. The number of alkyl halides is 1. The molecule has 0 unspecified atom stereocenters. The second-order valence-corrected chi connectivity index (χ2v) is 4.71. The molecule has 0 atom stereocenters. The number of nitrogens with one attached hydrogen (secondary N) is 1. The van der Waals surface area contributed by atoms with Crippen LogP contribution in [0.1, 0.15) is 6.42 Å². The molecule has 0 bridgehead atoms. The molecule has 5 nitrogen and oxygen atoms in total. The number of nitrogens with zero attached hydrogens (tertiary/aromatic N) is 1. The molecule has 0 fully saturated rings. The second-order valence-electron chi connectivity index (χ2n) is 4.33. The Morgan fingerprint density at radius 2 is 2.06 bits per heavy atom. The number of ether oxygens (including phenoxy) is 1. The van der Waals surface area contributed by atoms with Crippen molar-refractivity contribution in [1.29, 1.82) is 0 Å². The second kappa shape index (κ2) is 8.61. The van der Waals surface area contributed by atoms with Crippen LogP contribution in [-0.2, 0) is 4.74 Å². The van der Waals surface area contributed by atoms with Crippen molar-refractivity contribution >= 4 is 17.6 Å². The normalized spacial score (nSPS) is 11.4. The topological polar surface area (TPSA) is 64.3 Å². The number of nitrogens with two attached hydrogens (primary N) is 1. The minimum atomic E-state index is -0.462. The van der Waals surface area contributed by atoms with Gasteiger partial charge in [-0.2, -0.15) is 0 Å². The summed E-state index contributed by atoms with van der Waals surface area (Å²) in [6, 6.07) is -0.462. The van der Waals surface area contributed by atoms with Crippen LogP contribution in [0, 0.1) is 0 Å². The van der Waals surface area contributed by atoms with E-state index in [-0.39, 0.29) is 0 Å². The number of rotatable bonds is 9. The van der Waals surface area contributed by atoms with Gasteiger partial charge < -0.3 is 20.3 Å². The van der Waals surface area contributed by atoms with Crippen LogP contribution in [0.2, 0.25) is 0 Å². The van der Waals surface area contributed by atoms with Crippen LogP contribution in [0.15, 0.2) is 0 Å². The van der Waals surface area contributed by atoms with Gasteiger partial charge in [-0.1, -0.05) is 0 Å². The molecule has 0 aromatic carbocycles. The van der Waals surface area contributed by atoms with Gasteiger partial charge in [0.1, 0.15) is 6.54 Å². The van der Waals surface area contributed by atoms with E-state index in [0.717, 1.165) is 24.0 Å². The maximum Gasteiger partial charge on any atom is 0.312 e. The monoisotopic (exact) mass is 252 g/mol. The fourth-order valence-corrected chi connectivity index (χ4v) is 1.41. The molecular weight excluding hydrogens is 230 g/mol. The van der Waals surface area contributed by atoms with Gasteiger partial charge in [-0.15, -0.1) is 11.6 Å². The van der Waals surface area contributed by atoms with Crippen LogP contribution in [0.3, 0.4) is 0 Å². The summed E-state index contributed by atoms with van der Waals surface area (Å²) in [5.41, 5.74) is 4.97. The van der Waals surface area contributed by atoms with E-state index in [2.05, 4.69) is 19.4 Å². The van der Waals surface area contributed by atoms with Gasteiger partial charge in [-0.05, 0) is 0 Å². The molecule has 3 N–H and O–H groups in total. The lowest BCUT2D eigenvalue weighted by Crippen LogP contribution is -2.44. The van der Waals surface area contributed by atoms with Crippen molar-refractivity contribution in [3.8, 4) is 0 Å². The van der Waals surface area contributed by atoms with E-state index >= 15 is 0 Å². The minimum absolute atomic E-state index is 0.462. The number of hydrogen-bond donors (Lipinski definition) is 2. The Hall–Kier alpha value is -0.520. The third kappa shape index (κ3) is 10.0. The summed E-state index contributed by atoms with van der Waals surface area (Å²) in [6.07, 6.45) is 0.908. The van der Waals surface area contributed by atoms with Crippen molar-refractivity contribution in [2.75, 3.05) is 52.8 Å². The molecule has 0 rings (SSSR count). The maximum absolute atomic E-state index is 10.4. The number of amides is 2. The molecule has 6 heteroatoms. The average Bonchev–Trinajstić information content (AvgIpc) is 2.19. The van der Waals surface area contributed by atoms with Crippen molar-refractivity contribution in [3.63, 3.8) is 0 Å². The number of halogens is 1. The Kier molecular flexibility index (Phi) is 8.33. The lowest BCUT2D eigenvalue weighted by atomic mass is 10.3. The van der Waals surface area contributed by atoms with Crippen molar-refractivity contribution in [3.05, 3.63) is 0 Å². The van der Waals surface area contributed by atoms with Crippen LogP contribution >= 0.6 is 11.6 Å². The van der Waals surface area contributed by atoms with E-state index in [9.17, 15) is 4.79 Å².